The Labute approximate surface area is 117 Å². The molecule has 2 unspecified atom stereocenters. The lowest BCUT2D eigenvalue weighted by atomic mass is 10.1. The Morgan fingerprint density at radius 3 is 2.95 bits per heavy atom. The van der Waals surface area contributed by atoms with Crippen molar-refractivity contribution < 1.29 is 9.59 Å². The van der Waals surface area contributed by atoms with Crippen molar-refractivity contribution in [3.63, 3.8) is 0 Å². The summed E-state index contributed by atoms with van der Waals surface area (Å²) in [6, 6.07) is -0.452. The fourth-order valence-electron chi connectivity index (χ4n) is 2.32. The van der Waals surface area contributed by atoms with Gasteiger partial charge in [0.05, 0.1) is 12.1 Å². The van der Waals surface area contributed by atoms with E-state index >= 15 is 0 Å². The summed E-state index contributed by atoms with van der Waals surface area (Å²) in [5, 5.41) is 2.83. The van der Waals surface area contributed by atoms with Crippen LogP contribution in [0.2, 0.25) is 0 Å². The van der Waals surface area contributed by atoms with Crippen LogP contribution in [0.5, 0.6) is 0 Å². The van der Waals surface area contributed by atoms with Crippen molar-refractivity contribution in [1.82, 2.24) is 15.2 Å². The van der Waals surface area contributed by atoms with Crippen molar-refractivity contribution in [3.05, 3.63) is 16.6 Å². The molecule has 0 bridgehead atoms. The summed E-state index contributed by atoms with van der Waals surface area (Å²) >= 11 is 1.53. The first kappa shape index (κ1) is 14.0. The molecular formula is C13H19N3O2S. The summed E-state index contributed by atoms with van der Waals surface area (Å²) in [4.78, 5) is 31.2. The molecule has 1 saturated heterocycles. The molecule has 2 atom stereocenters. The van der Waals surface area contributed by atoms with Crippen molar-refractivity contribution in [2.24, 2.45) is 0 Å². The molecule has 0 aromatic carbocycles. The largest absolute Gasteiger partial charge is 0.344 e. The van der Waals surface area contributed by atoms with Crippen molar-refractivity contribution in [2.45, 2.75) is 51.7 Å². The molecule has 0 radical (unpaired) electrons. The van der Waals surface area contributed by atoms with Crippen LogP contribution in [0, 0.1) is 0 Å². The Balaban J connectivity index is 2.17. The molecule has 2 rings (SSSR count). The van der Waals surface area contributed by atoms with Crippen LogP contribution in [0.1, 0.15) is 38.0 Å². The van der Waals surface area contributed by atoms with E-state index in [4.69, 9.17) is 0 Å². The molecule has 1 aromatic rings. The third kappa shape index (κ3) is 3.32. The van der Waals surface area contributed by atoms with Crippen LogP contribution in [-0.2, 0) is 16.1 Å². The Hall–Kier alpha value is -1.43. The second-order valence-corrected chi connectivity index (χ2v) is 5.87. The van der Waals surface area contributed by atoms with Gasteiger partial charge in [0, 0.05) is 23.5 Å². The number of carbonyl (C=O) groups excluding carboxylic acids is 2. The highest BCUT2D eigenvalue weighted by Crippen LogP contribution is 2.19. The molecule has 5 nitrogen and oxygen atoms in total. The summed E-state index contributed by atoms with van der Waals surface area (Å²) < 4.78 is 0. The van der Waals surface area contributed by atoms with Crippen LogP contribution >= 0.6 is 11.3 Å². The standard InChI is InChI=1S/C13H19N3O2S/c1-3-4-11-13(18)16(7-10-6-14-8-19-10)9(2)5-12(17)15-11/h6,8-9,11H,3-5,7H2,1-2H3,(H,15,17). The smallest absolute Gasteiger partial charge is 0.245 e. The molecule has 19 heavy (non-hydrogen) atoms. The number of thiazole rings is 1. The molecule has 1 N–H and O–H groups in total. The van der Waals surface area contributed by atoms with Gasteiger partial charge in [-0.15, -0.1) is 11.3 Å². The number of nitrogens with zero attached hydrogens (tertiary/aromatic N) is 2. The minimum atomic E-state index is -0.379. The summed E-state index contributed by atoms with van der Waals surface area (Å²) in [5.41, 5.74) is 1.76. The van der Waals surface area contributed by atoms with Crippen LogP contribution < -0.4 is 5.32 Å². The fraction of sp³-hybridized carbons (Fsp3) is 0.615. The zero-order valence-electron chi connectivity index (χ0n) is 11.3. The van der Waals surface area contributed by atoms with E-state index in [0.717, 1.165) is 11.3 Å². The second kappa shape index (κ2) is 6.14. The zero-order valence-corrected chi connectivity index (χ0v) is 12.1. The van der Waals surface area contributed by atoms with E-state index in [1.54, 1.807) is 16.6 Å². The molecule has 0 saturated carbocycles. The van der Waals surface area contributed by atoms with Gasteiger partial charge in [-0.3, -0.25) is 14.6 Å². The topological polar surface area (TPSA) is 62.3 Å². The maximum Gasteiger partial charge on any atom is 0.245 e. The van der Waals surface area contributed by atoms with Gasteiger partial charge < -0.3 is 10.2 Å². The van der Waals surface area contributed by atoms with Gasteiger partial charge in [-0.2, -0.15) is 0 Å². The van der Waals surface area contributed by atoms with Crippen molar-refractivity contribution in [1.29, 1.82) is 0 Å². The molecule has 2 heterocycles. The highest BCUT2D eigenvalue weighted by Gasteiger charge is 2.33. The quantitative estimate of drug-likeness (QED) is 0.911. The maximum atomic E-state index is 12.5. The molecular weight excluding hydrogens is 262 g/mol. The number of aromatic nitrogens is 1. The molecule has 2 amide bonds. The van der Waals surface area contributed by atoms with E-state index < -0.39 is 0 Å². The van der Waals surface area contributed by atoms with E-state index in [1.165, 1.54) is 11.3 Å². The first-order valence-corrected chi connectivity index (χ1v) is 7.47. The van der Waals surface area contributed by atoms with Crippen LogP contribution in [0.15, 0.2) is 11.7 Å². The zero-order chi connectivity index (χ0) is 13.8. The number of hydrogen-bond donors (Lipinski definition) is 1. The molecule has 1 aromatic heterocycles. The third-order valence-electron chi connectivity index (χ3n) is 3.32. The van der Waals surface area contributed by atoms with Crippen LogP contribution in [0.3, 0.4) is 0 Å². The molecule has 6 heteroatoms. The molecule has 0 aliphatic carbocycles. The van der Waals surface area contributed by atoms with Gasteiger partial charge >= 0.3 is 0 Å². The lowest BCUT2D eigenvalue weighted by Gasteiger charge is -2.28. The summed E-state index contributed by atoms with van der Waals surface area (Å²) in [5.74, 6) is -0.0142. The lowest BCUT2D eigenvalue weighted by Crippen LogP contribution is -2.45. The molecule has 0 spiro atoms. The number of carbonyl (C=O) groups is 2. The van der Waals surface area contributed by atoms with Crippen LogP contribution in [-0.4, -0.2) is 33.8 Å². The minimum absolute atomic E-state index is 0.0219. The third-order valence-corrected chi connectivity index (χ3v) is 4.08. The number of nitrogens with one attached hydrogen (secondary N) is 1. The predicted octanol–water partition coefficient (Wildman–Crippen LogP) is 1.55. The first-order valence-electron chi connectivity index (χ1n) is 6.59. The highest BCUT2D eigenvalue weighted by molar-refractivity contribution is 7.09. The Morgan fingerprint density at radius 2 is 2.32 bits per heavy atom. The maximum absolute atomic E-state index is 12.5. The number of rotatable bonds is 4. The van der Waals surface area contributed by atoms with Gasteiger partial charge in [-0.25, -0.2) is 0 Å². The van der Waals surface area contributed by atoms with Gasteiger partial charge in [0.2, 0.25) is 11.8 Å². The normalized spacial score (nSPS) is 24.2. The van der Waals surface area contributed by atoms with Crippen LogP contribution in [0.4, 0.5) is 0 Å². The average molecular weight is 281 g/mol. The molecule has 1 aliphatic rings. The van der Waals surface area contributed by atoms with Crippen molar-refractivity contribution >= 4 is 23.2 Å². The summed E-state index contributed by atoms with van der Waals surface area (Å²) in [6.07, 6.45) is 3.71. The highest BCUT2D eigenvalue weighted by atomic mass is 32.1. The van der Waals surface area contributed by atoms with Gasteiger partial charge in [0.1, 0.15) is 6.04 Å². The van der Waals surface area contributed by atoms with Crippen LogP contribution in [0.25, 0.3) is 0 Å². The Bertz CT molecular complexity index is 447. The van der Waals surface area contributed by atoms with E-state index in [2.05, 4.69) is 10.3 Å². The molecule has 104 valence electrons. The van der Waals surface area contributed by atoms with E-state index in [1.807, 2.05) is 13.8 Å². The Kier molecular flexibility index (Phi) is 4.52. The SMILES string of the molecule is CCCC1NC(=O)CC(C)N(Cc2cncs2)C1=O. The first-order chi connectivity index (χ1) is 9.11. The second-order valence-electron chi connectivity index (χ2n) is 4.90. The number of hydrogen-bond acceptors (Lipinski definition) is 4. The van der Waals surface area contributed by atoms with Gasteiger partial charge in [0.25, 0.3) is 0 Å². The molecule has 1 aliphatic heterocycles. The minimum Gasteiger partial charge on any atom is -0.344 e. The van der Waals surface area contributed by atoms with Gasteiger partial charge in [0.15, 0.2) is 0 Å². The predicted molar refractivity (Wildman–Crippen MR) is 73.6 cm³/mol. The van der Waals surface area contributed by atoms with Crippen molar-refractivity contribution in [3.8, 4) is 0 Å². The van der Waals surface area contributed by atoms with E-state index in [-0.39, 0.29) is 23.9 Å². The monoisotopic (exact) mass is 281 g/mol. The summed E-state index contributed by atoms with van der Waals surface area (Å²) in [6.45, 7) is 4.48. The van der Waals surface area contributed by atoms with E-state index in [9.17, 15) is 9.59 Å². The van der Waals surface area contributed by atoms with Gasteiger partial charge in [-0.1, -0.05) is 13.3 Å². The van der Waals surface area contributed by atoms with Gasteiger partial charge in [-0.05, 0) is 13.3 Å². The average Bonchev–Trinajstić information content (AvgIpc) is 2.84. The Morgan fingerprint density at radius 1 is 1.53 bits per heavy atom. The number of amides is 2. The lowest BCUT2D eigenvalue weighted by molar-refractivity contribution is -0.135. The molecule has 1 fully saturated rings. The fourth-order valence-corrected chi connectivity index (χ4v) is 2.91. The summed E-state index contributed by atoms with van der Waals surface area (Å²) in [7, 11) is 0. The van der Waals surface area contributed by atoms with Crippen molar-refractivity contribution in [2.75, 3.05) is 0 Å². The van der Waals surface area contributed by atoms with E-state index in [0.29, 0.717) is 19.4 Å².